The average Bonchev–Trinajstić information content (AvgIpc) is 3.68. The first-order chi connectivity index (χ1) is 17.5. The van der Waals surface area contributed by atoms with Gasteiger partial charge in [-0.05, 0) is 50.1 Å². The molecule has 10 heteroatoms. The van der Waals surface area contributed by atoms with Gasteiger partial charge in [0.25, 0.3) is 5.91 Å². The van der Waals surface area contributed by atoms with Gasteiger partial charge in [0.2, 0.25) is 0 Å². The molecule has 3 aromatic heterocycles. The number of likely N-dealkylation sites (tertiary alicyclic amines) is 1. The highest BCUT2D eigenvalue weighted by Gasteiger charge is 2.44. The summed E-state index contributed by atoms with van der Waals surface area (Å²) >= 11 is 0. The molecule has 2 atom stereocenters. The van der Waals surface area contributed by atoms with E-state index in [1.165, 1.54) is 12.7 Å². The van der Waals surface area contributed by atoms with Crippen LogP contribution in [-0.4, -0.2) is 66.6 Å². The molecular formula is C26H27N9O. The Morgan fingerprint density at radius 2 is 1.97 bits per heavy atom. The smallest absolute Gasteiger partial charge is 0.251 e. The highest BCUT2D eigenvalue weighted by atomic mass is 16.1. The third-order valence-electron chi connectivity index (χ3n) is 7.64. The highest BCUT2D eigenvalue weighted by Crippen LogP contribution is 2.35. The first-order valence-electron chi connectivity index (χ1n) is 12.4. The van der Waals surface area contributed by atoms with Crippen LogP contribution in [0.2, 0.25) is 0 Å². The fourth-order valence-electron chi connectivity index (χ4n) is 5.87. The fraction of sp³-hybridized carbons (Fsp3) is 0.346. The van der Waals surface area contributed by atoms with Crippen LogP contribution in [-0.2, 0) is 6.54 Å². The number of hydrogen-bond acceptors (Lipinski definition) is 8. The van der Waals surface area contributed by atoms with Gasteiger partial charge in [0.1, 0.15) is 12.1 Å². The second-order valence-corrected chi connectivity index (χ2v) is 10.1. The molecule has 0 saturated carbocycles. The number of aromatic nitrogens is 5. The molecule has 1 amide bonds. The largest absolute Gasteiger partial charge is 0.351 e. The van der Waals surface area contributed by atoms with Crippen molar-refractivity contribution in [2.45, 2.75) is 44.9 Å². The molecule has 2 fully saturated rings. The summed E-state index contributed by atoms with van der Waals surface area (Å²) in [5.74, 6) is 1.60. The molecule has 1 aromatic carbocycles. The Balaban J connectivity index is 1.12. The lowest BCUT2D eigenvalue weighted by Crippen LogP contribution is -2.49. The summed E-state index contributed by atoms with van der Waals surface area (Å²) in [6.07, 6.45) is 6.38. The molecule has 0 unspecified atom stereocenters. The van der Waals surface area contributed by atoms with Crippen molar-refractivity contribution in [1.82, 2.24) is 34.8 Å². The van der Waals surface area contributed by atoms with E-state index >= 15 is 0 Å². The fourth-order valence-corrected chi connectivity index (χ4v) is 5.87. The molecule has 2 saturated heterocycles. The number of nitrogens with one attached hydrogen (secondary N) is 2. The summed E-state index contributed by atoms with van der Waals surface area (Å²) in [6.45, 7) is 7.25. The number of carbonyl (C=O) groups excluding carboxylic acids is 1. The van der Waals surface area contributed by atoms with Crippen molar-refractivity contribution >= 4 is 28.9 Å². The zero-order valence-electron chi connectivity index (χ0n) is 20.2. The Labute approximate surface area is 208 Å². The lowest BCUT2D eigenvalue weighted by Gasteiger charge is -2.37. The highest BCUT2D eigenvalue weighted by molar-refractivity contribution is 5.98. The molecule has 2 N–H and O–H groups in total. The van der Waals surface area contributed by atoms with E-state index in [1.54, 1.807) is 10.7 Å². The van der Waals surface area contributed by atoms with Crippen molar-refractivity contribution in [3.8, 4) is 11.3 Å². The Morgan fingerprint density at radius 3 is 2.75 bits per heavy atom. The van der Waals surface area contributed by atoms with Gasteiger partial charge in [-0.2, -0.15) is 5.10 Å². The maximum absolute atomic E-state index is 11.9. The van der Waals surface area contributed by atoms with Gasteiger partial charge in [0.05, 0.1) is 23.8 Å². The Kier molecular flexibility index (Phi) is 4.72. The van der Waals surface area contributed by atoms with E-state index in [0.717, 1.165) is 47.0 Å². The number of piperazine rings is 1. The van der Waals surface area contributed by atoms with Crippen LogP contribution in [0.25, 0.3) is 16.9 Å². The van der Waals surface area contributed by atoms with E-state index in [-0.39, 0.29) is 5.91 Å². The molecule has 0 spiro atoms. The van der Waals surface area contributed by atoms with E-state index in [1.807, 2.05) is 30.5 Å². The van der Waals surface area contributed by atoms with Gasteiger partial charge in [-0.15, -0.1) is 0 Å². The number of carbonyl (C=O) groups is 1. The topological polar surface area (TPSA) is 104 Å². The predicted molar refractivity (Wildman–Crippen MR) is 136 cm³/mol. The molecule has 36 heavy (non-hydrogen) atoms. The third kappa shape index (κ3) is 3.32. The van der Waals surface area contributed by atoms with Crippen LogP contribution in [0.3, 0.4) is 0 Å². The average molecular weight is 482 g/mol. The lowest BCUT2D eigenvalue weighted by molar-refractivity contribution is 0.0965. The number of nitrogens with zero attached hydrogens (tertiary/aromatic N) is 7. The SMILES string of the molecule is CC(C)N1C[C@H]2C[C@@H]1CN2c1ccc(Nc2ncc(-c3ccc4c(c3)CNC4=O)n3ncnc23)cn1. The number of rotatable bonds is 5. The first kappa shape index (κ1) is 21.3. The standard InChI is InChI=1S/C26H27N9O/c1-15(2)33-12-20-8-19(33)13-34(20)23-6-4-18(10-27-23)32-24-25-30-14-31-35(25)22(11-28-24)16-3-5-21-17(7-16)9-29-26(21)36/h3-7,10-11,14-15,19-20H,8-9,12-13H2,1-2H3,(H,28,32)(H,29,36)/t19-,20-/m1/s1. The van der Waals surface area contributed by atoms with Crippen LogP contribution in [0.1, 0.15) is 36.2 Å². The lowest BCUT2D eigenvalue weighted by atomic mass is 10.0. The molecule has 4 aromatic rings. The van der Waals surface area contributed by atoms with E-state index in [9.17, 15) is 4.79 Å². The number of pyridine rings is 1. The molecule has 2 bridgehead atoms. The van der Waals surface area contributed by atoms with Crippen LogP contribution in [0.5, 0.6) is 0 Å². The van der Waals surface area contributed by atoms with Gasteiger partial charge >= 0.3 is 0 Å². The van der Waals surface area contributed by atoms with Crippen molar-refractivity contribution in [1.29, 1.82) is 0 Å². The Bertz CT molecular complexity index is 1480. The van der Waals surface area contributed by atoms with Crippen LogP contribution in [0.15, 0.2) is 49.1 Å². The van der Waals surface area contributed by atoms with Crippen molar-refractivity contribution in [2.75, 3.05) is 23.3 Å². The Morgan fingerprint density at radius 1 is 1.06 bits per heavy atom. The summed E-state index contributed by atoms with van der Waals surface area (Å²) < 4.78 is 1.77. The van der Waals surface area contributed by atoms with Gasteiger partial charge < -0.3 is 15.5 Å². The molecule has 3 aliphatic rings. The summed E-state index contributed by atoms with van der Waals surface area (Å²) in [6, 6.07) is 11.7. The Hall–Kier alpha value is -4.05. The van der Waals surface area contributed by atoms with Crippen LogP contribution in [0, 0.1) is 0 Å². The normalized spacial score (nSPS) is 21.0. The minimum Gasteiger partial charge on any atom is -0.351 e. The van der Waals surface area contributed by atoms with E-state index < -0.39 is 0 Å². The van der Waals surface area contributed by atoms with E-state index in [2.05, 4.69) is 55.4 Å². The number of amides is 1. The number of anilines is 3. The number of hydrogen-bond donors (Lipinski definition) is 2. The summed E-state index contributed by atoms with van der Waals surface area (Å²) in [7, 11) is 0. The number of benzene rings is 1. The minimum absolute atomic E-state index is 0.0329. The molecule has 7 rings (SSSR count). The van der Waals surface area contributed by atoms with Crippen LogP contribution in [0.4, 0.5) is 17.3 Å². The van der Waals surface area contributed by atoms with E-state index in [4.69, 9.17) is 4.98 Å². The quantitative estimate of drug-likeness (QED) is 0.449. The van der Waals surface area contributed by atoms with Crippen LogP contribution >= 0.6 is 0 Å². The van der Waals surface area contributed by atoms with Crippen molar-refractivity contribution in [3.63, 3.8) is 0 Å². The molecule has 0 radical (unpaired) electrons. The first-order valence-corrected chi connectivity index (χ1v) is 12.4. The molecule has 0 aliphatic carbocycles. The molecule has 6 heterocycles. The molecular weight excluding hydrogens is 454 g/mol. The minimum atomic E-state index is -0.0329. The van der Waals surface area contributed by atoms with Gasteiger partial charge in [-0.1, -0.05) is 6.07 Å². The zero-order chi connectivity index (χ0) is 24.4. The molecule has 10 nitrogen and oxygen atoms in total. The second kappa shape index (κ2) is 7.99. The maximum Gasteiger partial charge on any atom is 0.251 e. The molecule has 3 aliphatic heterocycles. The van der Waals surface area contributed by atoms with E-state index in [0.29, 0.717) is 36.1 Å². The summed E-state index contributed by atoms with van der Waals surface area (Å²) in [4.78, 5) is 30.8. The second-order valence-electron chi connectivity index (χ2n) is 10.1. The van der Waals surface area contributed by atoms with Crippen molar-refractivity contribution < 1.29 is 4.79 Å². The summed E-state index contributed by atoms with van der Waals surface area (Å²) in [5.41, 5.74) is 4.90. The zero-order valence-corrected chi connectivity index (χ0v) is 20.2. The summed E-state index contributed by atoms with van der Waals surface area (Å²) in [5, 5.41) is 10.6. The van der Waals surface area contributed by atoms with Crippen LogP contribution < -0.4 is 15.5 Å². The third-order valence-corrected chi connectivity index (χ3v) is 7.64. The number of fused-ring (bicyclic) bond motifs is 4. The van der Waals surface area contributed by atoms with Gasteiger partial charge in [-0.3, -0.25) is 9.69 Å². The monoisotopic (exact) mass is 481 g/mol. The predicted octanol–water partition coefficient (Wildman–Crippen LogP) is 2.84. The van der Waals surface area contributed by atoms with Gasteiger partial charge in [0.15, 0.2) is 11.5 Å². The van der Waals surface area contributed by atoms with Crippen molar-refractivity contribution in [2.24, 2.45) is 0 Å². The van der Waals surface area contributed by atoms with Gasteiger partial charge in [0, 0.05) is 48.9 Å². The molecule has 182 valence electrons. The van der Waals surface area contributed by atoms with Crippen molar-refractivity contribution in [3.05, 3.63) is 60.2 Å². The maximum atomic E-state index is 11.9. The van der Waals surface area contributed by atoms with Gasteiger partial charge in [-0.25, -0.2) is 19.5 Å².